The van der Waals surface area contributed by atoms with E-state index in [4.69, 9.17) is 14.6 Å². The molecular formula is C14H17NO5. The van der Waals surface area contributed by atoms with Crippen molar-refractivity contribution in [1.82, 2.24) is 4.90 Å². The number of benzene rings is 1. The number of hydrogen-bond donors (Lipinski definition) is 1. The van der Waals surface area contributed by atoms with Crippen molar-refractivity contribution in [2.24, 2.45) is 0 Å². The van der Waals surface area contributed by atoms with Crippen molar-refractivity contribution in [2.75, 3.05) is 32.9 Å². The maximum Gasteiger partial charge on any atom is 0.341 e. The average molecular weight is 279 g/mol. The van der Waals surface area contributed by atoms with Crippen LogP contribution in [-0.2, 0) is 20.7 Å². The normalized spacial score (nSPS) is 14.9. The Labute approximate surface area is 116 Å². The largest absolute Gasteiger partial charge is 0.482 e. The number of amides is 1. The molecular weight excluding hydrogens is 262 g/mol. The fourth-order valence-electron chi connectivity index (χ4n) is 1.99. The number of rotatable bonds is 5. The van der Waals surface area contributed by atoms with Gasteiger partial charge in [0, 0.05) is 13.1 Å². The van der Waals surface area contributed by atoms with Gasteiger partial charge in [-0.15, -0.1) is 0 Å². The van der Waals surface area contributed by atoms with E-state index in [2.05, 4.69) is 0 Å². The lowest BCUT2D eigenvalue weighted by molar-refractivity contribution is -0.139. The summed E-state index contributed by atoms with van der Waals surface area (Å²) < 4.78 is 10.3. The summed E-state index contributed by atoms with van der Waals surface area (Å²) in [6, 6.07) is 6.94. The first-order chi connectivity index (χ1) is 9.65. The van der Waals surface area contributed by atoms with Crippen LogP contribution >= 0.6 is 0 Å². The fraction of sp³-hybridized carbons (Fsp3) is 0.429. The van der Waals surface area contributed by atoms with E-state index in [1.807, 2.05) is 6.07 Å². The van der Waals surface area contributed by atoms with E-state index in [1.165, 1.54) is 0 Å². The second-order valence-corrected chi connectivity index (χ2v) is 4.50. The van der Waals surface area contributed by atoms with Crippen LogP contribution in [0.1, 0.15) is 5.56 Å². The number of carboxylic acid groups (broad SMARTS) is 1. The van der Waals surface area contributed by atoms with Crippen molar-refractivity contribution >= 4 is 11.9 Å². The molecule has 0 aromatic heterocycles. The standard InChI is InChI=1S/C14H17NO5/c16-13(15-4-6-19-7-5-15)9-11-2-1-3-12(8-11)20-10-14(17)18/h1-3,8H,4-7,9-10H2,(H,17,18). The molecule has 0 aliphatic carbocycles. The summed E-state index contributed by atoms with van der Waals surface area (Å²) in [6.45, 7) is 2.00. The number of carbonyl (C=O) groups is 2. The van der Waals surface area contributed by atoms with Crippen LogP contribution in [0.25, 0.3) is 0 Å². The summed E-state index contributed by atoms with van der Waals surface area (Å²) >= 11 is 0. The lowest BCUT2D eigenvalue weighted by Gasteiger charge is -2.26. The van der Waals surface area contributed by atoms with Crippen molar-refractivity contribution < 1.29 is 24.2 Å². The number of ether oxygens (including phenoxy) is 2. The van der Waals surface area contributed by atoms with Gasteiger partial charge in [0.05, 0.1) is 19.6 Å². The van der Waals surface area contributed by atoms with Gasteiger partial charge in [-0.25, -0.2) is 4.79 Å². The van der Waals surface area contributed by atoms with Crippen LogP contribution in [0, 0.1) is 0 Å². The highest BCUT2D eigenvalue weighted by atomic mass is 16.5. The summed E-state index contributed by atoms with van der Waals surface area (Å²) in [4.78, 5) is 24.3. The van der Waals surface area contributed by atoms with E-state index in [9.17, 15) is 9.59 Å². The average Bonchev–Trinajstić information content (AvgIpc) is 2.46. The summed E-state index contributed by atoms with van der Waals surface area (Å²) in [7, 11) is 0. The number of carboxylic acids is 1. The molecule has 1 heterocycles. The van der Waals surface area contributed by atoms with E-state index in [-0.39, 0.29) is 18.9 Å². The third-order valence-corrected chi connectivity index (χ3v) is 2.98. The Morgan fingerprint density at radius 2 is 2.05 bits per heavy atom. The van der Waals surface area contributed by atoms with E-state index in [0.29, 0.717) is 32.1 Å². The molecule has 1 aliphatic heterocycles. The first-order valence-corrected chi connectivity index (χ1v) is 6.44. The van der Waals surface area contributed by atoms with Crippen molar-refractivity contribution in [2.45, 2.75) is 6.42 Å². The highest BCUT2D eigenvalue weighted by Crippen LogP contribution is 2.14. The van der Waals surface area contributed by atoms with Crippen molar-refractivity contribution in [3.05, 3.63) is 29.8 Å². The molecule has 0 spiro atoms. The maximum absolute atomic E-state index is 12.1. The Hall–Kier alpha value is -2.08. The number of nitrogens with zero attached hydrogens (tertiary/aromatic N) is 1. The summed E-state index contributed by atoms with van der Waals surface area (Å²) in [5.41, 5.74) is 0.810. The predicted molar refractivity (Wildman–Crippen MR) is 70.7 cm³/mol. The van der Waals surface area contributed by atoms with Gasteiger partial charge in [-0.2, -0.15) is 0 Å². The van der Waals surface area contributed by atoms with Crippen LogP contribution in [-0.4, -0.2) is 54.8 Å². The van der Waals surface area contributed by atoms with E-state index >= 15 is 0 Å². The molecule has 1 amide bonds. The molecule has 1 aromatic carbocycles. The second kappa shape index (κ2) is 6.91. The van der Waals surface area contributed by atoms with Gasteiger partial charge in [-0.3, -0.25) is 4.79 Å². The summed E-state index contributed by atoms with van der Waals surface area (Å²) in [6.07, 6.45) is 0.282. The van der Waals surface area contributed by atoms with Gasteiger partial charge in [0.1, 0.15) is 5.75 Å². The van der Waals surface area contributed by atoms with E-state index in [1.54, 1.807) is 23.1 Å². The van der Waals surface area contributed by atoms with Crippen LogP contribution < -0.4 is 4.74 Å². The summed E-state index contributed by atoms with van der Waals surface area (Å²) in [5.74, 6) is -0.525. The molecule has 108 valence electrons. The van der Waals surface area contributed by atoms with Crippen molar-refractivity contribution in [1.29, 1.82) is 0 Å². The van der Waals surface area contributed by atoms with E-state index in [0.717, 1.165) is 5.56 Å². The molecule has 1 aromatic rings. The number of aliphatic carboxylic acids is 1. The van der Waals surface area contributed by atoms with Crippen LogP contribution in [0.15, 0.2) is 24.3 Å². The molecule has 20 heavy (non-hydrogen) atoms. The molecule has 0 atom stereocenters. The van der Waals surface area contributed by atoms with Crippen LogP contribution in [0.3, 0.4) is 0 Å². The minimum Gasteiger partial charge on any atom is -0.482 e. The molecule has 1 aliphatic rings. The minimum absolute atomic E-state index is 0.0451. The quantitative estimate of drug-likeness (QED) is 0.852. The monoisotopic (exact) mass is 279 g/mol. The van der Waals surface area contributed by atoms with Crippen LogP contribution in [0.2, 0.25) is 0 Å². The summed E-state index contributed by atoms with van der Waals surface area (Å²) in [5, 5.41) is 8.56. The molecule has 0 saturated carbocycles. The predicted octanol–water partition coefficient (Wildman–Crippen LogP) is 0.551. The molecule has 6 nitrogen and oxygen atoms in total. The topological polar surface area (TPSA) is 76.1 Å². The molecule has 0 radical (unpaired) electrons. The molecule has 0 unspecified atom stereocenters. The maximum atomic E-state index is 12.1. The number of morpholine rings is 1. The number of carbonyl (C=O) groups excluding carboxylic acids is 1. The zero-order valence-corrected chi connectivity index (χ0v) is 11.1. The Bertz CT molecular complexity index is 482. The highest BCUT2D eigenvalue weighted by molar-refractivity contribution is 5.79. The Morgan fingerprint density at radius 1 is 1.30 bits per heavy atom. The zero-order valence-electron chi connectivity index (χ0n) is 11.1. The zero-order chi connectivity index (χ0) is 14.4. The Kier molecular flexibility index (Phi) is 4.95. The van der Waals surface area contributed by atoms with Gasteiger partial charge in [-0.05, 0) is 17.7 Å². The van der Waals surface area contributed by atoms with Crippen LogP contribution in [0.5, 0.6) is 5.75 Å². The molecule has 0 bridgehead atoms. The van der Waals surface area contributed by atoms with Crippen LogP contribution in [0.4, 0.5) is 0 Å². The smallest absolute Gasteiger partial charge is 0.341 e. The van der Waals surface area contributed by atoms with Crippen molar-refractivity contribution in [3.63, 3.8) is 0 Å². The van der Waals surface area contributed by atoms with Gasteiger partial charge in [0.15, 0.2) is 6.61 Å². The first kappa shape index (κ1) is 14.3. The molecule has 1 N–H and O–H groups in total. The van der Waals surface area contributed by atoms with Gasteiger partial charge in [0.2, 0.25) is 5.91 Å². The molecule has 1 saturated heterocycles. The fourth-order valence-corrected chi connectivity index (χ4v) is 1.99. The molecule has 2 rings (SSSR count). The van der Waals surface area contributed by atoms with Gasteiger partial charge in [0.25, 0.3) is 0 Å². The lowest BCUT2D eigenvalue weighted by Crippen LogP contribution is -2.41. The Morgan fingerprint density at radius 3 is 2.75 bits per heavy atom. The number of hydrogen-bond acceptors (Lipinski definition) is 4. The molecule has 6 heteroatoms. The van der Waals surface area contributed by atoms with Gasteiger partial charge < -0.3 is 19.5 Å². The first-order valence-electron chi connectivity index (χ1n) is 6.44. The van der Waals surface area contributed by atoms with E-state index < -0.39 is 5.97 Å². The lowest BCUT2D eigenvalue weighted by atomic mass is 10.1. The third-order valence-electron chi connectivity index (χ3n) is 2.98. The SMILES string of the molecule is O=C(O)COc1cccc(CC(=O)N2CCOCC2)c1. The van der Waals surface area contributed by atoms with Crippen molar-refractivity contribution in [3.8, 4) is 5.75 Å². The Balaban J connectivity index is 1.93. The highest BCUT2D eigenvalue weighted by Gasteiger charge is 2.17. The van der Waals surface area contributed by atoms with Gasteiger partial charge in [-0.1, -0.05) is 12.1 Å². The minimum atomic E-state index is -1.03. The van der Waals surface area contributed by atoms with Gasteiger partial charge >= 0.3 is 5.97 Å². The second-order valence-electron chi connectivity index (χ2n) is 4.50. The molecule has 1 fully saturated rings. The third kappa shape index (κ3) is 4.24.